The molecule has 2 fully saturated rings. The molecule has 1 aromatic rings. The number of likely N-dealkylation sites (tertiary alicyclic amines) is 1. The normalized spacial score (nSPS) is 23.1. The highest BCUT2D eigenvalue weighted by atomic mass is 35.5. The van der Waals surface area contributed by atoms with Gasteiger partial charge in [-0.2, -0.15) is 0 Å². The smallest absolute Gasteiger partial charge is 0.285 e. The molecule has 120 valence electrons. The largest absolute Gasteiger partial charge is 0.338 e. The molecule has 0 bridgehead atoms. The number of rotatable bonds is 2. The molecule has 1 amide bonds. The van der Waals surface area contributed by atoms with Gasteiger partial charge in [0.05, 0.1) is 4.92 Å². The van der Waals surface area contributed by atoms with E-state index in [1.807, 2.05) is 0 Å². The molecule has 2 aliphatic heterocycles. The first-order chi connectivity index (χ1) is 9.97. The molecule has 22 heavy (non-hydrogen) atoms. The lowest BCUT2D eigenvalue weighted by Gasteiger charge is -2.18. The van der Waals surface area contributed by atoms with Crippen LogP contribution in [0.5, 0.6) is 0 Å². The Morgan fingerprint density at radius 2 is 1.95 bits per heavy atom. The molecule has 2 saturated heterocycles. The van der Waals surface area contributed by atoms with E-state index in [9.17, 15) is 19.3 Å². The van der Waals surface area contributed by atoms with Crippen molar-refractivity contribution in [1.29, 1.82) is 0 Å². The van der Waals surface area contributed by atoms with E-state index in [1.54, 1.807) is 4.90 Å². The van der Waals surface area contributed by atoms with Crippen molar-refractivity contribution >= 4 is 24.0 Å². The van der Waals surface area contributed by atoms with Gasteiger partial charge in [-0.1, -0.05) is 0 Å². The number of fused-ring (bicyclic) bond motifs is 1. The second kappa shape index (κ2) is 6.18. The molecular weight excluding hydrogens is 313 g/mol. The zero-order valence-corrected chi connectivity index (χ0v) is 12.9. The van der Waals surface area contributed by atoms with Crippen molar-refractivity contribution in [2.75, 3.05) is 26.2 Å². The number of carbonyl (C=O) groups is 1. The molecule has 6 nitrogen and oxygen atoms in total. The summed E-state index contributed by atoms with van der Waals surface area (Å²) in [5.74, 6) is -0.286. The molecule has 0 radical (unpaired) electrons. The van der Waals surface area contributed by atoms with Gasteiger partial charge in [0.2, 0.25) is 0 Å². The maximum atomic E-state index is 13.5. The molecule has 0 saturated carbocycles. The first kappa shape index (κ1) is 16.6. The Hall–Kier alpha value is -1.73. The summed E-state index contributed by atoms with van der Waals surface area (Å²) in [7, 11) is 0. The standard InChI is InChI=1S/C14H16FN3O3.ClH/c1-8-2-11(15)3-12(13(8)18(20)21)14(19)17-6-9-4-16-5-10(9)7-17;/h2-3,9-10,16H,4-7H2,1H3;1H/t9-,10+;. The number of halogens is 2. The van der Waals surface area contributed by atoms with Gasteiger partial charge in [0.15, 0.2) is 0 Å². The highest BCUT2D eigenvalue weighted by molar-refractivity contribution is 5.98. The van der Waals surface area contributed by atoms with Crippen molar-refractivity contribution in [3.63, 3.8) is 0 Å². The molecule has 0 aromatic heterocycles. The molecule has 0 spiro atoms. The van der Waals surface area contributed by atoms with E-state index >= 15 is 0 Å². The number of nitro groups is 1. The monoisotopic (exact) mass is 329 g/mol. The summed E-state index contributed by atoms with van der Waals surface area (Å²) in [6.07, 6.45) is 0. The van der Waals surface area contributed by atoms with Crippen LogP contribution < -0.4 is 5.32 Å². The number of aryl methyl sites for hydroxylation is 1. The van der Waals surface area contributed by atoms with Crippen molar-refractivity contribution in [2.45, 2.75) is 6.92 Å². The summed E-state index contributed by atoms with van der Waals surface area (Å²) in [6.45, 7) is 4.31. The van der Waals surface area contributed by atoms with Crippen LogP contribution >= 0.6 is 12.4 Å². The number of nitro benzene ring substituents is 1. The van der Waals surface area contributed by atoms with Crippen molar-refractivity contribution in [1.82, 2.24) is 10.2 Å². The van der Waals surface area contributed by atoms with Crippen LogP contribution in [0.3, 0.4) is 0 Å². The van der Waals surface area contributed by atoms with E-state index in [-0.39, 0.29) is 29.2 Å². The Morgan fingerprint density at radius 1 is 1.36 bits per heavy atom. The van der Waals surface area contributed by atoms with E-state index in [0.717, 1.165) is 25.2 Å². The maximum absolute atomic E-state index is 13.5. The predicted octanol–water partition coefficient (Wildman–Crippen LogP) is 1.76. The highest BCUT2D eigenvalue weighted by Gasteiger charge is 2.39. The van der Waals surface area contributed by atoms with E-state index in [0.29, 0.717) is 24.9 Å². The van der Waals surface area contributed by atoms with Crippen molar-refractivity contribution < 1.29 is 14.1 Å². The minimum Gasteiger partial charge on any atom is -0.338 e. The fourth-order valence-electron chi connectivity index (χ4n) is 3.33. The Kier molecular flexibility index (Phi) is 4.67. The van der Waals surface area contributed by atoms with Crippen molar-refractivity contribution in [3.8, 4) is 0 Å². The Morgan fingerprint density at radius 3 is 2.50 bits per heavy atom. The number of nitrogens with zero attached hydrogens (tertiary/aromatic N) is 2. The molecule has 3 rings (SSSR count). The summed E-state index contributed by atoms with van der Waals surface area (Å²) < 4.78 is 13.5. The molecule has 0 aliphatic carbocycles. The van der Waals surface area contributed by atoms with Gasteiger partial charge in [-0.05, 0) is 30.9 Å². The maximum Gasteiger partial charge on any atom is 0.285 e. The van der Waals surface area contributed by atoms with Gasteiger partial charge in [0.1, 0.15) is 11.4 Å². The lowest BCUT2D eigenvalue weighted by molar-refractivity contribution is -0.385. The summed E-state index contributed by atoms with van der Waals surface area (Å²) in [5, 5.41) is 14.4. The number of hydrogen-bond donors (Lipinski definition) is 1. The van der Waals surface area contributed by atoms with Gasteiger partial charge in [0, 0.05) is 31.7 Å². The molecule has 8 heteroatoms. The predicted molar refractivity (Wildman–Crippen MR) is 80.8 cm³/mol. The summed E-state index contributed by atoms with van der Waals surface area (Å²) >= 11 is 0. The van der Waals surface area contributed by atoms with Crippen LogP contribution in [-0.4, -0.2) is 41.9 Å². The summed E-state index contributed by atoms with van der Waals surface area (Å²) in [4.78, 5) is 24.7. The van der Waals surface area contributed by atoms with Crippen molar-refractivity contribution in [2.24, 2.45) is 11.8 Å². The SMILES string of the molecule is Cc1cc(F)cc(C(=O)N2C[C@H]3CNC[C@H]3C2)c1[N+](=O)[O-].Cl. The van der Waals surface area contributed by atoms with Gasteiger partial charge in [-0.3, -0.25) is 14.9 Å². The Balaban J connectivity index is 0.00000176. The third-order valence-electron chi connectivity index (χ3n) is 4.35. The highest BCUT2D eigenvalue weighted by Crippen LogP contribution is 2.31. The fourth-order valence-corrected chi connectivity index (χ4v) is 3.33. The number of amides is 1. The van der Waals surface area contributed by atoms with E-state index < -0.39 is 16.6 Å². The third kappa shape index (κ3) is 2.78. The number of nitrogens with one attached hydrogen (secondary N) is 1. The van der Waals surface area contributed by atoms with Crippen molar-refractivity contribution in [3.05, 3.63) is 39.2 Å². The van der Waals surface area contributed by atoms with Crippen LogP contribution in [0.25, 0.3) is 0 Å². The van der Waals surface area contributed by atoms with Crippen LogP contribution in [0.15, 0.2) is 12.1 Å². The van der Waals surface area contributed by atoms with Crippen LogP contribution in [0.2, 0.25) is 0 Å². The molecule has 0 unspecified atom stereocenters. The zero-order valence-electron chi connectivity index (χ0n) is 12.0. The quantitative estimate of drug-likeness (QED) is 0.662. The average Bonchev–Trinajstić information content (AvgIpc) is 2.96. The van der Waals surface area contributed by atoms with E-state index in [1.165, 1.54) is 6.92 Å². The fraction of sp³-hybridized carbons (Fsp3) is 0.500. The topological polar surface area (TPSA) is 75.5 Å². The van der Waals surface area contributed by atoms with Gasteiger partial charge in [0.25, 0.3) is 11.6 Å². The average molecular weight is 330 g/mol. The van der Waals surface area contributed by atoms with Gasteiger partial charge in [-0.15, -0.1) is 12.4 Å². The molecule has 1 N–H and O–H groups in total. The van der Waals surface area contributed by atoms with Gasteiger partial charge < -0.3 is 10.2 Å². The zero-order chi connectivity index (χ0) is 15.1. The first-order valence-corrected chi connectivity index (χ1v) is 6.92. The lowest BCUT2D eigenvalue weighted by Crippen LogP contribution is -2.32. The Labute approximate surface area is 133 Å². The van der Waals surface area contributed by atoms with Crippen LogP contribution in [0.1, 0.15) is 15.9 Å². The second-order valence-corrected chi connectivity index (χ2v) is 5.76. The summed E-state index contributed by atoms with van der Waals surface area (Å²) in [6, 6.07) is 2.05. The minimum atomic E-state index is -0.623. The first-order valence-electron chi connectivity index (χ1n) is 6.92. The van der Waals surface area contributed by atoms with Gasteiger partial charge in [-0.25, -0.2) is 4.39 Å². The van der Waals surface area contributed by atoms with Crippen LogP contribution in [0.4, 0.5) is 10.1 Å². The third-order valence-corrected chi connectivity index (χ3v) is 4.35. The number of carbonyl (C=O) groups excluding carboxylic acids is 1. The number of hydrogen-bond acceptors (Lipinski definition) is 4. The Bertz CT molecular complexity index is 614. The number of benzene rings is 1. The van der Waals surface area contributed by atoms with E-state index in [4.69, 9.17) is 0 Å². The molecule has 2 atom stereocenters. The molecular formula is C14H17ClFN3O3. The van der Waals surface area contributed by atoms with Gasteiger partial charge >= 0.3 is 0 Å². The molecule has 1 aromatic carbocycles. The summed E-state index contributed by atoms with van der Waals surface area (Å²) in [5.41, 5.74) is -0.272. The molecule has 2 aliphatic rings. The van der Waals surface area contributed by atoms with Crippen LogP contribution in [0, 0.1) is 34.7 Å². The second-order valence-electron chi connectivity index (χ2n) is 5.76. The van der Waals surface area contributed by atoms with E-state index in [2.05, 4.69) is 5.32 Å². The molecule has 2 heterocycles. The van der Waals surface area contributed by atoms with Crippen LogP contribution in [-0.2, 0) is 0 Å². The lowest BCUT2D eigenvalue weighted by atomic mass is 10.0. The minimum absolute atomic E-state index is 0.